The van der Waals surface area contributed by atoms with Gasteiger partial charge in [-0.3, -0.25) is 19.9 Å². The van der Waals surface area contributed by atoms with Crippen LogP contribution in [0, 0.1) is 0 Å². The number of β-lactam (4-membered cyclic amide) rings is 1. The highest BCUT2D eigenvalue weighted by molar-refractivity contribution is 8.03. The van der Waals surface area contributed by atoms with Crippen molar-refractivity contribution in [2.75, 3.05) is 36.9 Å². The number of thiazole rings is 1. The molecule has 216 valence electrons. The van der Waals surface area contributed by atoms with Crippen molar-refractivity contribution in [3.05, 3.63) is 70.4 Å². The molecule has 7 N–H and O–H groups in total. The molecule has 1 aromatic rings. The number of anilines is 1. The van der Waals surface area contributed by atoms with Gasteiger partial charge in [0.25, 0.3) is 11.8 Å². The summed E-state index contributed by atoms with van der Waals surface area (Å²) in [5.74, 6) is -0.486. The number of hydrogen-bond acceptors (Lipinski definition) is 14. The third-order valence-electron chi connectivity index (χ3n) is 6.15. The molecule has 2 atom stereocenters. The lowest BCUT2D eigenvalue weighted by Crippen LogP contribution is -2.71. The van der Waals surface area contributed by atoms with E-state index in [9.17, 15) is 19.5 Å². The summed E-state index contributed by atoms with van der Waals surface area (Å²) in [5.41, 5.74) is 15.1. The number of hydrogen-bond donors (Lipinski definition) is 5. The molecular weight excluding hydrogens is 591 g/mol. The Labute approximate surface area is 247 Å². The maximum absolute atomic E-state index is 13.2. The molecule has 41 heavy (non-hydrogen) atoms. The first kappa shape index (κ1) is 28.6. The van der Waals surface area contributed by atoms with E-state index >= 15 is 0 Å². The van der Waals surface area contributed by atoms with Gasteiger partial charge in [0.2, 0.25) is 0 Å². The maximum atomic E-state index is 13.2. The molecule has 0 unspecified atom stereocenters. The molecule has 4 aliphatic rings. The van der Waals surface area contributed by atoms with Gasteiger partial charge in [-0.2, -0.15) is 0 Å². The zero-order chi connectivity index (χ0) is 29.1. The fourth-order valence-corrected chi connectivity index (χ4v) is 6.92. The van der Waals surface area contributed by atoms with Crippen molar-refractivity contribution < 1.29 is 24.3 Å². The van der Waals surface area contributed by atoms with Crippen LogP contribution in [0.25, 0.3) is 0 Å². The molecule has 1 saturated heterocycles. The molecule has 2 amide bonds. The predicted octanol–water partition coefficient (Wildman–Crippen LogP) is 0.352. The zero-order valence-corrected chi connectivity index (χ0v) is 24.0. The summed E-state index contributed by atoms with van der Waals surface area (Å²) >= 11 is 4.10. The van der Waals surface area contributed by atoms with E-state index in [1.807, 2.05) is 34.5 Å². The van der Waals surface area contributed by atoms with Gasteiger partial charge in [0.05, 0.1) is 5.03 Å². The number of rotatable bonds is 12. The van der Waals surface area contributed by atoms with E-state index in [0.717, 1.165) is 27.9 Å². The highest BCUT2D eigenvalue weighted by Gasteiger charge is 2.54. The number of aromatic nitrogens is 1. The van der Waals surface area contributed by atoms with Gasteiger partial charge in [0.15, 0.2) is 10.8 Å². The van der Waals surface area contributed by atoms with Crippen molar-refractivity contribution in [1.29, 1.82) is 0 Å². The summed E-state index contributed by atoms with van der Waals surface area (Å²) in [4.78, 5) is 51.0. The number of allylic oxidation sites excluding steroid dienone is 2. The number of nitrogens with one attached hydrogen (secondary N) is 2. The van der Waals surface area contributed by atoms with Crippen molar-refractivity contribution in [1.82, 2.24) is 30.5 Å². The van der Waals surface area contributed by atoms with Gasteiger partial charge < -0.3 is 31.6 Å². The van der Waals surface area contributed by atoms with Crippen molar-refractivity contribution in [3.8, 4) is 0 Å². The smallest absolute Gasteiger partial charge is 0.352 e. The van der Waals surface area contributed by atoms with Crippen LogP contribution >= 0.6 is 34.9 Å². The van der Waals surface area contributed by atoms with Crippen LogP contribution in [0.3, 0.4) is 0 Å². The van der Waals surface area contributed by atoms with Crippen LogP contribution in [0.2, 0.25) is 0 Å². The summed E-state index contributed by atoms with van der Waals surface area (Å²) in [7, 11) is 0. The predicted molar refractivity (Wildman–Crippen MR) is 157 cm³/mol. The molecular formula is C24H27N9O5S3. The number of carboxylic acids is 1. The minimum absolute atomic E-state index is 0.0577. The number of nitrogens with two attached hydrogens (primary N) is 2. The largest absolute Gasteiger partial charge is 0.477 e. The van der Waals surface area contributed by atoms with Crippen LogP contribution in [-0.2, 0) is 19.2 Å². The van der Waals surface area contributed by atoms with Crippen molar-refractivity contribution in [3.63, 3.8) is 0 Å². The number of carboxylic acid groups (broad SMARTS) is 1. The van der Waals surface area contributed by atoms with Gasteiger partial charge >= 0.3 is 5.97 Å². The van der Waals surface area contributed by atoms with Crippen molar-refractivity contribution in [2.24, 2.45) is 10.9 Å². The van der Waals surface area contributed by atoms with E-state index in [1.54, 1.807) is 17.1 Å². The molecule has 0 aliphatic carbocycles. The Morgan fingerprint density at radius 3 is 2.93 bits per heavy atom. The molecule has 0 spiro atoms. The highest BCUT2D eigenvalue weighted by Crippen LogP contribution is 2.41. The Morgan fingerprint density at radius 1 is 1.39 bits per heavy atom. The van der Waals surface area contributed by atoms with Crippen LogP contribution in [0.5, 0.6) is 0 Å². The molecule has 0 radical (unpaired) electrons. The lowest BCUT2D eigenvalue weighted by Gasteiger charge is -2.49. The Kier molecular flexibility index (Phi) is 8.57. The first-order valence-corrected chi connectivity index (χ1v) is 15.2. The van der Waals surface area contributed by atoms with E-state index in [-0.39, 0.29) is 35.4 Å². The van der Waals surface area contributed by atoms with E-state index in [0.29, 0.717) is 17.9 Å². The monoisotopic (exact) mass is 617 g/mol. The number of thioether (sulfide) groups is 2. The maximum Gasteiger partial charge on any atom is 0.352 e. The number of nitrogen functional groups attached to an aromatic ring is 1. The van der Waals surface area contributed by atoms with Gasteiger partial charge in [-0.1, -0.05) is 17.8 Å². The van der Waals surface area contributed by atoms with E-state index in [1.165, 1.54) is 22.7 Å². The molecule has 5 rings (SSSR count). The standard InChI is InChI=1S/C24H27N9O5S3/c1-2-8-38-30-17(14-12-41-24(26)27-14)20(34)28-18-21(35)33-19(23(36)37)13(11-40-22(18)33)10-31-6-7-32-16(31)4-3-15(29-32)39-9-5-25/h2-4,6-7,12,18,22,29H,1,5,8-11,25H2,(H2,26,27)(H,28,34)(H,36,37)/b30-17-/t18-,22+/m1/s1. The number of fused-ring (bicyclic) bond motifs is 2. The number of oxime groups is 1. The van der Waals surface area contributed by atoms with E-state index < -0.39 is 29.2 Å². The second-order valence-electron chi connectivity index (χ2n) is 8.81. The van der Waals surface area contributed by atoms with Crippen LogP contribution in [0.4, 0.5) is 5.13 Å². The molecule has 5 heterocycles. The average molecular weight is 618 g/mol. The Morgan fingerprint density at radius 2 is 2.22 bits per heavy atom. The third kappa shape index (κ3) is 5.79. The van der Waals surface area contributed by atoms with Gasteiger partial charge in [-0.15, -0.1) is 34.9 Å². The van der Waals surface area contributed by atoms with E-state index in [4.69, 9.17) is 16.3 Å². The molecule has 4 aliphatic heterocycles. The van der Waals surface area contributed by atoms with Gasteiger partial charge in [0.1, 0.15) is 35.2 Å². The minimum Gasteiger partial charge on any atom is -0.477 e. The second-order valence-corrected chi connectivity index (χ2v) is 11.9. The molecule has 0 aromatic carbocycles. The average Bonchev–Trinajstić information content (AvgIpc) is 3.57. The fraction of sp³-hybridized carbons (Fsp3) is 0.292. The number of carbonyl (C=O) groups is 3. The molecule has 1 aromatic heterocycles. The van der Waals surface area contributed by atoms with Crippen LogP contribution in [-0.4, -0.2) is 91.0 Å². The number of carbonyl (C=O) groups excluding carboxylic acids is 2. The summed E-state index contributed by atoms with van der Waals surface area (Å²) in [5, 5.41) is 20.6. The van der Waals surface area contributed by atoms with E-state index in [2.05, 4.69) is 27.5 Å². The Hall–Kier alpha value is -3.93. The summed E-state index contributed by atoms with van der Waals surface area (Å²) < 4.78 is 0. The fourth-order valence-electron chi connectivity index (χ4n) is 4.37. The lowest BCUT2D eigenvalue weighted by atomic mass is 10.0. The Bertz CT molecular complexity index is 1420. The number of nitrogens with zero attached hydrogens (tertiary/aromatic N) is 5. The van der Waals surface area contributed by atoms with Crippen molar-refractivity contribution in [2.45, 2.75) is 11.4 Å². The van der Waals surface area contributed by atoms with Crippen molar-refractivity contribution >= 4 is 63.5 Å². The molecule has 0 bridgehead atoms. The summed E-state index contributed by atoms with van der Waals surface area (Å²) in [6.07, 6.45) is 9.02. The second kappa shape index (κ2) is 12.3. The molecule has 17 heteroatoms. The highest BCUT2D eigenvalue weighted by atomic mass is 32.2. The number of hydrazine groups is 1. The lowest BCUT2D eigenvalue weighted by molar-refractivity contribution is -0.150. The normalized spacial score (nSPS) is 21.4. The summed E-state index contributed by atoms with van der Waals surface area (Å²) in [6, 6.07) is -0.953. The quantitative estimate of drug-likeness (QED) is 0.0710. The third-order valence-corrected chi connectivity index (χ3v) is 9.14. The Balaban J connectivity index is 1.30. The first-order valence-electron chi connectivity index (χ1n) is 12.3. The molecule has 1 fully saturated rings. The molecule has 0 saturated carbocycles. The molecule has 14 nitrogen and oxygen atoms in total. The van der Waals surface area contributed by atoms with Gasteiger partial charge in [-0.25, -0.2) is 14.8 Å². The van der Waals surface area contributed by atoms with Gasteiger partial charge in [-0.05, 0) is 17.7 Å². The zero-order valence-electron chi connectivity index (χ0n) is 21.6. The SMILES string of the molecule is C=CCO/N=C(\C(=O)N[C@@H]1C(=O)N2C(C(=O)O)=C(CN3C=CN4NC(SCCN)=CC=C34)CS[C@@H]12)c1csc(N)n1. The number of aliphatic carboxylic acids is 1. The minimum atomic E-state index is -1.21. The van der Waals surface area contributed by atoms with Crippen LogP contribution in [0.1, 0.15) is 5.69 Å². The first-order chi connectivity index (χ1) is 19.8. The number of amides is 2. The van der Waals surface area contributed by atoms with Crippen LogP contribution in [0.15, 0.2) is 69.9 Å². The summed E-state index contributed by atoms with van der Waals surface area (Å²) in [6.45, 7) is 4.43. The van der Waals surface area contributed by atoms with Crippen LogP contribution < -0.4 is 22.2 Å². The van der Waals surface area contributed by atoms with Gasteiger partial charge in [0, 0.05) is 42.4 Å². The topological polar surface area (TPSA) is 192 Å².